The molecule has 0 bridgehead atoms. The molecule has 4 heteroatoms. The molecular weight excluding hydrogens is 264 g/mol. The summed E-state index contributed by atoms with van der Waals surface area (Å²) in [6.45, 7) is 4.26. The minimum atomic E-state index is -0.218. The minimum Gasteiger partial charge on any atom is -0.496 e. The van der Waals surface area contributed by atoms with Gasteiger partial charge in [-0.05, 0) is 35.7 Å². The first-order chi connectivity index (χ1) is 10.0. The minimum absolute atomic E-state index is 0.218. The van der Waals surface area contributed by atoms with Crippen molar-refractivity contribution in [2.24, 2.45) is 0 Å². The number of nitrogen functional groups attached to an aromatic ring is 1. The smallest absolute Gasteiger partial charge is 0.259 e. The van der Waals surface area contributed by atoms with Crippen molar-refractivity contribution in [3.63, 3.8) is 0 Å². The molecule has 0 atom stereocenters. The number of hydrogen-bond acceptors (Lipinski definition) is 3. The number of ether oxygens (including phenoxy) is 1. The molecule has 0 radical (unpaired) electrons. The Morgan fingerprint density at radius 1 is 1.14 bits per heavy atom. The van der Waals surface area contributed by atoms with Gasteiger partial charge in [0, 0.05) is 17.4 Å². The molecule has 0 heterocycles. The first-order valence-electron chi connectivity index (χ1n) is 6.86. The van der Waals surface area contributed by atoms with E-state index in [0.29, 0.717) is 22.9 Å². The molecule has 0 unspecified atom stereocenters. The highest BCUT2D eigenvalue weighted by molar-refractivity contribution is 6.06. The molecule has 0 saturated heterocycles. The lowest BCUT2D eigenvalue weighted by Crippen LogP contribution is -2.13. The fraction of sp³-hybridized carbons (Fsp3) is 0.235. The molecule has 0 aliphatic rings. The summed E-state index contributed by atoms with van der Waals surface area (Å²) in [5, 5.41) is 2.86. The van der Waals surface area contributed by atoms with Crippen molar-refractivity contribution in [1.82, 2.24) is 0 Å². The summed E-state index contributed by atoms with van der Waals surface area (Å²) in [6.07, 6.45) is 0. The Morgan fingerprint density at radius 3 is 2.38 bits per heavy atom. The highest BCUT2D eigenvalue weighted by Gasteiger charge is 2.12. The van der Waals surface area contributed by atoms with Gasteiger partial charge in [0.2, 0.25) is 0 Å². The van der Waals surface area contributed by atoms with Crippen LogP contribution in [0.3, 0.4) is 0 Å². The van der Waals surface area contributed by atoms with Crippen molar-refractivity contribution in [3.05, 3.63) is 53.6 Å². The first-order valence-corrected chi connectivity index (χ1v) is 6.86. The number of rotatable bonds is 4. The predicted octanol–water partition coefficient (Wildman–Crippen LogP) is 3.65. The standard InChI is InChI=1S/C17H20N2O2/c1-11(2)12-4-7-14(8-5-12)19-17(20)15-9-6-13(18)10-16(15)21-3/h4-11H,18H2,1-3H3,(H,19,20). The Labute approximate surface area is 124 Å². The number of hydrogen-bond donors (Lipinski definition) is 2. The fourth-order valence-corrected chi connectivity index (χ4v) is 2.05. The van der Waals surface area contributed by atoms with E-state index in [9.17, 15) is 4.79 Å². The summed E-state index contributed by atoms with van der Waals surface area (Å²) in [7, 11) is 1.52. The largest absolute Gasteiger partial charge is 0.496 e. The highest BCUT2D eigenvalue weighted by Crippen LogP contribution is 2.23. The van der Waals surface area contributed by atoms with Crippen LogP contribution in [0.2, 0.25) is 0 Å². The van der Waals surface area contributed by atoms with Crippen LogP contribution < -0.4 is 15.8 Å². The summed E-state index contributed by atoms with van der Waals surface area (Å²) in [6, 6.07) is 12.8. The van der Waals surface area contributed by atoms with Gasteiger partial charge in [0.1, 0.15) is 5.75 Å². The van der Waals surface area contributed by atoms with Gasteiger partial charge < -0.3 is 15.8 Å². The third-order valence-electron chi connectivity index (χ3n) is 3.31. The van der Waals surface area contributed by atoms with Gasteiger partial charge in [-0.1, -0.05) is 26.0 Å². The highest BCUT2D eigenvalue weighted by atomic mass is 16.5. The molecule has 0 aliphatic carbocycles. The number of carbonyl (C=O) groups excluding carboxylic acids is 1. The zero-order valence-electron chi connectivity index (χ0n) is 12.5. The second-order valence-electron chi connectivity index (χ2n) is 5.19. The monoisotopic (exact) mass is 284 g/mol. The Balaban J connectivity index is 2.18. The number of amides is 1. The molecule has 4 nitrogen and oxygen atoms in total. The normalized spacial score (nSPS) is 10.5. The summed E-state index contributed by atoms with van der Waals surface area (Å²) in [5.74, 6) is 0.711. The zero-order valence-corrected chi connectivity index (χ0v) is 12.5. The van der Waals surface area contributed by atoms with Crippen LogP contribution in [0.25, 0.3) is 0 Å². The lowest BCUT2D eigenvalue weighted by molar-refractivity contribution is 0.102. The van der Waals surface area contributed by atoms with E-state index < -0.39 is 0 Å². The number of anilines is 2. The molecule has 21 heavy (non-hydrogen) atoms. The van der Waals surface area contributed by atoms with Crippen LogP contribution in [0.1, 0.15) is 35.7 Å². The van der Waals surface area contributed by atoms with Gasteiger partial charge in [-0.2, -0.15) is 0 Å². The van der Waals surface area contributed by atoms with Gasteiger partial charge in [-0.15, -0.1) is 0 Å². The van der Waals surface area contributed by atoms with E-state index in [0.717, 1.165) is 5.69 Å². The molecule has 0 fully saturated rings. The number of carbonyl (C=O) groups is 1. The maximum Gasteiger partial charge on any atom is 0.259 e. The number of benzene rings is 2. The first kappa shape index (κ1) is 14.9. The van der Waals surface area contributed by atoms with Crippen LogP contribution in [0.5, 0.6) is 5.75 Å². The lowest BCUT2D eigenvalue weighted by atomic mass is 10.0. The van der Waals surface area contributed by atoms with Gasteiger partial charge in [-0.3, -0.25) is 4.79 Å². The van der Waals surface area contributed by atoms with Crippen molar-refractivity contribution >= 4 is 17.3 Å². The molecule has 3 N–H and O–H groups in total. The summed E-state index contributed by atoms with van der Waals surface area (Å²) in [4.78, 5) is 12.3. The third-order valence-corrected chi connectivity index (χ3v) is 3.31. The summed E-state index contributed by atoms with van der Waals surface area (Å²) in [5.41, 5.74) is 8.69. The molecule has 0 saturated carbocycles. The van der Waals surface area contributed by atoms with Crippen molar-refractivity contribution in [2.45, 2.75) is 19.8 Å². The van der Waals surface area contributed by atoms with Crippen LogP contribution in [0, 0.1) is 0 Å². The molecule has 2 aromatic rings. The van der Waals surface area contributed by atoms with Crippen molar-refractivity contribution < 1.29 is 9.53 Å². The van der Waals surface area contributed by atoms with Gasteiger partial charge in [-0.25, -0.2) is 0 Å². The Hall–Kier alpha value is -2.49. The Morgan fingerprint density at radius 2 is 1.81 bits per heavy atom. The van der Waals surface area contributed by atoms with E-state index in [2.05, 4.69) is 19.2 Å². The lowest BCUT2D eigenvalue weighted by Gasteiger charge is -2.11. The number of nitrogens with one attached hydrogen (secondary N) is 1. The Kier molecular flexibility index (Phi) is 4.48. The van der Waals surface area contributed by atoms with Crippen LogP contribution in [-0.2, 0) is 0 Å². The van der Waals surface area contributed by atoms with Gasteiger partial charge in [0.05, 0.1) is 12.7 Å². The van der Waals surface area contributed by atoms with E-state index >= 15 is 0 Å². The predicted molar refractivity (Wildman–Crippen MR) is 85.9 cm³/mol. The SMILES string of the molecule is COc1cc(N)ccc1C(=O)Nc1ccc(C(C)C)cc1. The molecule has 0 aliphatic heterocycles. The third kappa shape index (κ3) is 3.54. The second-order valence-corrected chi connectivity index (χ2v) is 5.19. The van der Waals surface area contributed by atoms with Crippen LogP contribution in [0.4, 0.5) is 11.4 Å². The molecule has 2 aromatic carbocycles. The number of methoxy groups -OCH3 is 1. The molecular formula is C17H20N2O2. The molecule has 2 rings (SSSR count). The van der Waals surface area contributed by atoms with Gasteiger partial charge in [0.25, 0.3) is 5.91 Å². The van der Waals surface area contributed by atoms with E-state index in [1.54, 1.807) is 18.2 Å². The zero-order chi connectivity index (χ0) is 15.4. The average Bonchev–Trinajstić information content (AvgIpc) is 2.47. The second kappa shape index (κ2) is 6.31. The Bertz CT molecular complexity index is 634. The number of nitrogens with two attached hydrogens (primary N) is 1. The average molecular weight is 284 g/mol. The van der Waals surface area contributed by atoms with Crippen LogP contribution in [-0.4, -0.2) is 13.0 Å². The topological polar surface area (TPSA) is 64.3 Å². The van der Waals surface area contributed by atoms with Crippen molar-refractivity contribution in [3.8, 4) is 5.75 Å². The molecule has 1 amide bonds. The molecule has 110 valence electrons. The van der Waals surface area contributed by atoms with E-state index in [1.165, 1.54) is 12.7 Å². The van der Waals surface area contributed by atoms with Crippen LogP contribution in [0.15, 0.2) is 42.5 Å². The van der Waals surface area contributed by atoms with Gasteiger partial charge in [0.15, 0.2) is 0 Å². The van der Waals surface area contributed by atoms with Gasteiger partial charge >= 0.3 is 0 Å². The summed E-state index contributed by atoms with van der Waals surface area (Å²) >= 11 is 0. The van der Waals surface area contributed by atoms with E-state index in [1.807, 2.05) is 24.3 Å². The van der Waals surface area contributed by atoms with E-state index in [4.69, 9.17) is 10.5 Å². The quantitative estimate of drug-likeness (QED) is 0.842. The van der Waals surface area contributed by atoms with Crippen molar-refractivity contribution in [1.29, 1.82) is 0 Å². The maximum atomic E-state index is 12.3. The van der Waals surface area contributed by atoms with E-state index in [-0.39, 0.29) is 5.91 Å². The van der Waals surface area contributed by atoms with Crippen molar-refractivity contribution in [2.75, 3.05) is 18.2 Å². The molecule has 0 aromatic heterocycles. The fourth-order valence-electron chi connectivity index (χ4n) is 2.05. The summed E-state index contributed by atoms with van der Waals surface area (Å²) < 4.78 is 5.19. The van der Waals surface area contributed by atoms with Crippen LogP contribution >= 0.6 is 0 Å². The maximum absolute atomic E-state index is 12.3. The molecule has 0 spiro atoms.